The lowest BCUT2D eigenvalue weighted by Crippen LogP contribution is -2.30. The first kappa shape index (κ1) is 13.2. The van der Waals surface area contributed by atoms with Gasteiger partial charge in [-0.05, 0) is 37.3 Å². The van der Waals surface area contributed by atoms with E-state index in [9.17, 15) is 0 Å². The van der Waals surface area contributed by atoms with Gasteiger partial charge in [0.15, 0.2) is 11.6 Å². The standard InChI is InChI=1S/C15H24N2O/c1-3-13(12-8-5-4-6-9-12)17-15-14(18-2)10-7-11-16-15/h7,10-13H,3-6,8-9H2,1-2H3,(H,16,17). The van der Waals surface area contributed by atoms with Crippen LogP contribution < -0.4 is 10.1 Å². The quantitative estimate of drug-likeness (QED) is 0.859. The highest BCUT2D eigenvalue weighted by molar-refractivity contribution is 5.50. The van der Waals surface area contributed by atoms with Gasteiger partial charge < -0.3 is 10.1 Å². The van der Waals surface area contributed by atoms with Gasteiger partial charge in [-0.1, -0.05) is 26.2 Å². The fourth-order valence-electron chi connectivity index (χ4n) is 2.93. The molecule has 0 aromatic carbocycles. The van der Waals surface area contributed by atoms with Crippen LogP contribution in [0, 0.1) is 5.92 Å². The van der Waals surface area contributed by atoms with Crippen LogP contribution in [0.5, 0.6) is 5.75 Å². The van der Waals surface area contributed by atoms with Crippen molar-refractivity contribution in [1.82, 2.24) is 4.98 Å². The second-order valence-corrected chi connectivity index (χ2v) is 5.11. The van der Waals surface area contributed by atoms with Crippen molar-refractivity contribution in [1.29, 1.82) is 0 Å². The molecule has 2 rings (SSSR count). The molecule has 0 spiro atoms. The number of pyridine rings is 1. The first-order valence-corrected chi connectivity index (χ1v) is 7.10. The van der Waals surface area contributed by atoms with Gasteiger partial charge in [-0.2, -0.15) is 0 Å². The Morgan fingerprint density at radius 3 is 2.83 bits per heavy atom. The SMILES string of the molecule is CCC(Nc1ncccc1OC)C1CCCCC1. The van der Waals surface area contributed by atoms with E-state index in [0.717, 1.165) is 23.9 Å². The fraction of sp³-hybridized carbons (Fsp3) is 0.667. The molecule has 1 N–H and O–H groups in total. The first-order valence-electron chi connectivity index (χ1n) is 7.10. The molecule has 1 aliphatic carbocycles. The van der Waals surface area contributed by atoms with Gasteiger partial charge in [0, 0.05) is 12.2 Å². The maximum absolute atomic E-state index is 5.35. The van der Waals surface area contributed by atoms with Crippen LogP contribution in [0.3, 0.4) is 0 Å². The average Bonchev–Trinajstić information content (AvgIpc) is 2.46. The van der Waals surface area contributed by atoms with Crippen LogP contribution in [-0.4, -0.2) is 18.1 Å². The second kappa shape index (κ2) is 6.62. The number of nitrogens with one attached hydrogen (secondary N) is 1. The van der Waals surface area contributed by atoms with Crippen LogP contribution >= 0.6 is 0 Å². The summed E-state index contributed by atoms with van der Waals surface area (Å²) in [5.41, 5.74) is 0. The summed E-state index contributed by atoms with van der Waals surface area (Å²) in [5, 5.41) is 3.58. The minimum absolute atomic E-state index is 0.522. The third kappa shape index (κ3) is 3.15. The van der Waals surface area contributed by atoms with Crippen molar-refractivity contribution in [3.8, 4) is 5.75 Å². The molecule has 1 fully saturated rings. The summed E-state index contributed by atoms with van der Waals surface area (Å²) in [6, 6.07) is 4.39. The molecule has 3 heteroatoms. The van der Waals surface area contributed by atoms with Gasteiger partial charge in [-0.25, -0.2) is 4.98 Å². The highest BCUT2D eigenvalue weighted by Gasteiger charge is 2.23. The molecule has 100 valence electrons. The van der Waals surface area contributed by atoms with E-state index >= 15 is 0 Å². The molecule has 0 aliphatic heterocycles. The Balaban J connectivity index is 2.04. The summed E-state index contributed by atoms with van der Waals surface area (Å²) in [5.74, 6) is 2.51. The average molecular weight is 248 g/mol. The van der Waals surface area contributed by atoms with Gasteiger partial charge in [0.2, 0.25) is 0 Å². The second-order valence-electron chi connectivity index (χ2n) is 5.11. The summed E-state index contributed by atoms with van der Waals surface area (Å²) >= 11 is 0. The minimum atomic E-state index is 0.522. The number of hydrogen-bond acceptors (Lipinski definition) is 3. The lowest BCUT2D eigenvalue weighted by atomic mass is 9.83. The number of methoxy groups -OCH3 is 1. The van der Waals surface area contributed by atoms with Crippen molar-refractivity contribution in [3.63, 3.8) is 0 Å². The zero-order valence-electron chi connectivity index (χ0n) is 11.5. The highest BCUT2D eigenvalue weighted by atomic mass is 16.5. The van der Waals surface area contributed by atoms with Crippen LogP contribution in [0.2, 0.25) is 0 Å². The summed E-state index contributed by atoms with van der Waals surface area (Å²) in [6.07, 6.45) is 9.81. The number of nitrogens with zero attached hydrogens (tertiary/aromatic N) is 1. The monoisotopic (exact) mass is 248 g/mol. The molecule has 1 aliphatic rings. The summed E-state index contributed by atoms with van der Waals surface area (Å²) in [7, 11) is 1.70. The van der Waals surface area contributed by atoms with E-state index in [1.54, 1.807) is 7.11 Å². The molecule has 0 saturated heterocycles. The topological polar surface area (TPSA) is 34.2 Å². The third-order valence-corrected chi connectivity index (χ3v) is 3.97. The zero-order chi connectivity index (χ0) is 12.8. The van der Waals surface area contributed by atoms with Crippen LogP contribution in [0.15, 0.2) is 18.3 Å². The van der Waals surface area contributed by atoms with Gasteiger partial charge in [0.25, 0.3) is 0 Å². The first-order chi connectivity index (χ1) is 8.85. The Labute approximate surface area is 110 Å². The van der Waals surface area contributed by atoms with Gasteiger partial charge in [0.05, 0.1) is 7.11 Å². The Bertz CT molecular complexity index is 361. The molecule has 1 aromatic heterocycles. The Kier molecular flexibility index (Phi) is 4.85. The minimum Gasteiger partial charge on any atom is -0.493 e. The molecular formula is C15H24N2O. The molecular weight excluding hydrogens is 224 g/mol. The van der Waals surface area contributed by atoms with Crippen molar-refractivity contribution >= 4 is 5.82 Å². The third-order valence-electron chi connectivity index (χ3n) is 3.97. The lowest BCUT2D eigenvalue weighted by molar-refractivity contribution is 0.311. The van der Waals surface area contributed by atoms with E-state index in [2.05, 4.69) is 17.2 Å². The van der Waals surface area contributed by atoms with Crippen LogP contribution in [0.1, 0.15) is 45.4 Å². The highest BCUT2D eigenvalue weighted by Crippen LogP contribution is 2.31. The molecule has 1 unspecified atom stereocenters. The molecule has 18 heavy (non-hydrogen) atoms. The van der Waals surface area contributed by atoms with Crippen molar-refractivity contribution < 1.29 is 4.74 Å². The Morgan fingerprint density at radius 2 is 2.17 bits per heavy atom. The van der Waals surface area contributed by atoms with E-state index in [1.165, 1.54) is 32.1 Å². The number of ether oxygens (including phenoxy) is 1. The number of anilines is 1. The molecule has 0 radical (unpaired) electrons. The number of aromatic nitrogens is 1. The van der Waals surface area contributed by atoms with Crippen molar-refractivity contribution in [2.45, 2.75) is 51.5 Å². The maximum atomic E-state index is 5.35. The van der Waals surface area contributed by atoms with Crippen LogP contribution in [0.25, 0.3) is 0 Å². The van der Waals surface area contributed by atoms with E-state index in [-0.39, 0.29) is 0 Å². The normalized spacial score (nSPS) is 18.3. The largest absolute Gasteiger partial charge is 0.493 e. The van der Waals surface area contributed by atoms with Crippen molar-refractivity contribution in [2.24, 2.45) is 5.92 Å². The molecule has 0 bridgehead atoms. The van der Waals surface area contributed by atoms with Crippen molar-refractivity contribution in [2.75, 3.05) is 12.4 Å². The molecule has 0 amide bonds. The fourth-order valence-corrected chi connectivity index (χ4v) is 2.93. The predicted octanol–water partition coefficient (Wildman–Crippen LogP) is 3.86. The van der Waals surface area contributed by atoms with E-state index < -0.39 is 0 Å². The zero-order valence-corrected chi connectivity index (χ0v) is 11.5. The van der Waals surface area contributed by atoms with Gasteiger partial charge in [-0.3, -0.25) is 0 Å². The van der Waals surface area contributed by atoms with Gasteiger partial charge >= 0.3 is 0 Å². The van der Waals surface area contributed by atoms with E-state index in [1.807, 2.05) is 18.3 Å². The van der Waals surface area contributed by atoms with Gasteiger partial charge in [0.1, 0.15) is 0 Å². The summed E-state index contributed by atoms with van der Waals surface area (Å²) in [4.78, 5) is 4.40. The smallest absolute Gasteiger partial charge is 0.168 e. The van der Waals surface area contributed by atoms with Crippen LogP contribution in [-0.2, 0) is 0 Å². The predicted molar refractivity (Wildman–Crippen MR) is 75.1 cm³/mol. The number of rotatable bonds is 5. The maximum Gasteiger partial charge on any atom is 0.168 e. The lowest BCUT2D eigenvalue weighted by Gasteiger charge is -2.30. The summed E-state index contributed by atoms with van der Waals surface area (Å²) in [6.45, 7) is 2.25. The van der Waals surface area contributed by atoms with Crippen molar-refractivity contribution in [3.05, 3.63) is 18.3 Å². The van der Waals surface area contributed by atoms with E-state index in [0.29, 0.717) is 6.04 Å². The Hall–Kier alpha value is -1.25. The Morgan fingerprint density at radius 1 is 1.39 bits per heavy atom. The molecule has 1 aromatic rings. The molecule has 1 atom stereocenters. The summed E-state index contributed by atoms with van der Waals surface area (Å²) < 4.78 is 5.35. The van der Waals surface area contributed by atoms with Gasteiger partial charge in [-0.15, -0.1) is 0 Å². The number of hydrogen-bond donors (Lipinski definition) is 1. The van der Waals surface area contributed by atoms with Crippen LogP contribution in [0.4, 0.5) is 5.82 Å². The van der Waals surface area contributed by atoms with E-state index in [4.69, 9.17) is 4.74 Å². The molecule has 1 heterocycles. The molecule has 3 nitrogen and oxygen atoms in total. The molecule has 1 saturated carbocycles.